The highest BCUT2D eigenvalue weighted by molar-refractivity contribution is 6.07. The highest BCUT2D eigenvalue weighted by Gasteiger charge is 2.54. The number of nitrogens with zero attached hydrogens (tertiary/aromatic N) is 3. The minimum Gasteiger partial charge on any atom is -0.352 e. The number of para-hydroxylation sites is 1. The molecule has 0 saturated carbocycles. The van der Waals surface area contributed by atoms with E-state index in [1.807, 2.05) is 91.5 Å². The van der Waals surface area contributed by atoms with Crippen LogP contribution in [0.4, 0.5) is 5.69 Å². The molecule has 1 N–H and O–H groups in total. The lowest BCUT2D eigenvalue weighted by molar-refractivity contribution is -0.137. The summed E-state index contributed by atoms with van der Waals surface area (Å²) >= 11 is 0. The zero-order valence-corrected chi connectivity index (χ0v) is 20.8. The van der Waals surface area contributed by atoms with Crippen LogP contribution in [0.25, 0.3) is 10.8 Å². The first-order valence-corrected chi connectivity index (χ1v) is 12.6. The summed E-state index contributed by atoms with van der Waals surface area (Å²) in [4.78, 5) is 45.5. The normalized spacial score (nSPS) is 17.3. The van der Waals surface area contributed by atoms with Crippen LogP contribution in [0.1, 0.15) is 37.0 Å². The van der Waals surface area contributed by atoms with Gasteiger partial charge in [0.1, 0.15) is 12.1 Å². The fourth-order valence-corrected chi connectivity index (χ4v) is 5.53. The number of benzene rings is 3. The first-order chi connectivity index (χ1) is 17.4. The zero-order valence-electron chi connectivity index (χ0n) is 20.8. The highest BCUT2D eigenvalue weighted by atomic mass is 16.2. The summed E-state index contributed by atoms with van der Waals surface area (Å²) in [5.41, 5.74) is 0.870. The van der Waals surface area contributed by atoms with Crippen molar-refractivity contribution in [2.75, 3.05) is 31.2 Å². The highest BCUT2D eigenvalue weighted by Crippen LogP contribution is 2.39. The Kier molecular flexibility index (Phi) is 6.39. The molecule has 0 radical (unpaired) electrons. The predicted molar refractivity (Wildman–Crippen MR) is 141 cm³/mol. The van der Waals surface area contributed by atoms with Gasteiger partial charge < -0.3 is 20.0 Å². The lowest BCUT2D eigenvalue weighted by atomic mass is 9.85. The van der Waals surface area contributed by atoms with E-state index in [0.717, 1.165) is 16.5 Å². The molecule has 3 aromatic rings. The number of nitrogens with one attached hydrogen (secondary N) is 1. The Morgan fingerprint density at radius 3 is 2.31 bits per heavy atom. The van der Waals surface area contributed by atoms with Crippen molar-refractivity contribution >= 4 is 34.2 Å². The topological polar surface area (TPSA) is 73.0 Å². The molecule has 0 bridgehead atoms. The van der Waals surface area contributed by atoms with Gasteiger partial charge in [0.25, 0.3) is 11.8 Å². The van der Waals surface area contributed by atoms with E-state index in [-0.39, 0.29) is 30.3 Å². The lowest BCUT2D eigenvalue weighted by Crippen LogP contribution is -2.57. The van der Waals surface area contributed by atoms with Gasteiger partial charge in [-0.1, -0.05) is 54.6 Å². The SMILES string of the molecule is CC(C)NC(=O)CN1CN(c2ccccc2)C2(CCN(C(=O)c3cccc4ccccc34)CC2)C1=O. The van der Waals surface area contributed by atoms with Crippen molar-refractivity contribution in [3.63, 3.8) is 0 Å². The van der Waals surface area contributed by atoms with Crippen LogP contribution in [0.3, 0.4) is 0 Å². The van der Waals surface area contributed by atoms with Crippen molar-refractivity contribution in [3.05, 3.63) is 78.4 Å². The number of rotatable bonds is 5. The van der Waals surface area contributed by atoms with Gasteiger partial charge in [0, 0.05) is 30.4 Å². The Bertz CT molecular complexity index is 1280. The number of piperidine rings is 1. The molecule has 7 nitrogen and oxygen atoms in total. The second-order valence-corrected chi connectivity index (χ2v) is 9.98. The van der Waals surface area contributed by atoms with Crippen LogP contribution >= 0.6 is 0 Å². The number of amides is 3. The number of fused-ring (bicyclic) bond motifs is 1. The monoisotopic (exact) mass is 484 g/mol. The van der Waals surface area contributed by atoms with Gasteiger partial charge >= 0.3 is 0 Å². The van der Waals surface area contributed by atoms with Crippen molar-refractivity contribution in [2.24, 2.45) is 0 Å². The second-order valence-electron chi connectivity index (χ2n) is 9.98. The molecule has 0 atom stereocenters. The molecule has 5 rings (SSSR count). The van der Waals surface area contributed by atoms with Gasteiger partial charge in [0.05, 0.1) is 6.67 Å². The molecule has 2 fully saturated rings. The fourth-order valence-electron chi connectivity index (χ4n) is 5.53. The second kappa shape index (κ2) is 9.64. The van der Waals surface area contributed by atoms with E-state index in [4.69, 9.17) is 0 Å². The van der Waals surface area contributed by atoms with Gasteiger partial charge in [-0.3, -0.25) is 14.4 Å². The molecule has 0 unspecified atom stereocenters. The Morgan fingerprint density at radius 2 is 1.58 bits per heavy atom. The number of likely N-dealkylation sites (tertiary alicyclic amines) is 1. The van der Waals surface area contributed by atoms with E-state index >= 15 is 0 Å². The summed E-state index contributed by atoms with van der Waals surface area (Å²) in [6.45, 7) is 5.15. The molecule has 186 valence electrons. The molecular formula is C29H32N4O3. The third-order valence-electron chi connectivity index (χ3n) is 7.26. The fraction of sp³-hybridized carbons (Fsp3) is 0.345. The Labute approximate surface area is 211 Å². The minimum absolute atomic E-state index is 0.00785. The van der Waals surface area contributed by atoms with Crippen molar-refractivity contribution in [1.29, 1.82) is 0 Å². The summed E-state index contributed by atoms with van der Waals surface area (Å²) in [6.07, 6.45) is 1.03. The van der Waals surface area contributed by atoms with E-state index in [0.29, 0.717) is 38.2 Å². The molecule has 1 spiro atoms. The van der Waals surface area contributed by atoms with Gasteiger partial charge in [0.15, 0.2) is 0 Å². The van der Waals surface area contributed by atoms with Crippen LogP contribution in [-0.4, -0.2) is 65.4 Å². The van der Waals surface area contributed by atoms with Crippen molar-refractivity contribution < 1.29 is 14.4 Å². The number of hydrogen-bond donors (Lipinski definition) is 1. The molecule has 3 aromatic carbocycles. The molecule has 3 amide bonds. The summed E-state index contributed by atoms with van der Waals surface area (Å²) in [6, 6.07) is 23.6. The number of carbonyl (C=O) groups excluding carboxylic acids is 3. The number of carbonyl (C=O) groups is 3. The summed E-state index contributed by atoms with van der Waals surface area (Å²) < 4.78 is 0. The van der Waals surface area contributed by atoms with Gasteiger partial charge in [-0.25, -0.2) is 0 Å². The Hall–Kier alpha value is -3.87. The molecule has 0 aliphatic carbocycles. The van der Waals surface area contributed by atoms with E-state index in [9.17, 15) is 14.4 Å². The van der Waals surface area contributed by atoms with E-state index < -0.39 is 5.54 Å². The molecule has 36 heavy (non-hydrogen) atoms. The van der Waals surface area contributed by atoms with Crippen molar-refractivity contribution in [1.82, 2.24) is 15.1 Å². The first-order valence-electron chi connectivity index (χ1n) is 12.6. The largest absolute Gasteiger partial charge is 0.352 e. The molecule has 0 aromatic heterocycles. The van der Waals surface area contributed by atoms with Crippen LogP contribution < -0.4 is 10.2 Å². The maximum Gasteiger partial charge on any atom is 0.254 e. The quantitative estimate of drug-likeness (QED) is 0.600. The van der Waals surface area contributed by atoms with Gasteiger partial charge in [-0.05, 0) is 55.7 Å². The standard InChI is InChI=1S/C29H32N4O3/c1-21(2)30-26(34)19-32-20-33(23-11-4-3-5-12-23)29(28(32)36)15-17-31(18-16-29)27(35)25-14-8-10-22-9-6-7-13-24(22)25/h3-14,21H,15-20H2,1-2H3,(H,30,34). The zero-order chi connectivity index (χ0) is 25.3. The first kappa shape index (κ1) is 23.9. The van der Waals surface area contributed by atoms with Gasteiger partial charge in [-0.15, -0.1) is 0 Å². The van der Waals surface area contributed by atoms with Gasteiger partial charge in [-0.2, -0.15) is 0 Å². The number of hydrogen-bond acceptors (Lipinski definition) is 4. The Morgan fingerprint density at radius 1 is 0.917 bits per heavy atom. The third kappa shape index (κ3) is 4.30. The smallest absolute Gasteiger partial charge is 0.254 e. The van der Waals surface area contributed by atoms with Crippen molar-refractivity contribution in [3.8, 4) is 0 Å². The summed E-state index contributed by atoms with van der Waals surface area (Å²) in [7, 11) is 0. The summed E-state index contributed by atoms with van der Waals surface area (Å²) in [5, 5.41) is 4.86. The van der Waals surface area contributed by atoms with Crippen molar-refractivity contribution in [2.45, 2.75) is 38.3 Å². The number of anilines is 1. The predicted octanol–water partition coefficient (Wildman–Crippen LogP) is 3.65. The van der Waals surface area contributed by atoms with E-state index in [1.54, 1.807) is 4.90 Å². The van der Waals surface area contributed by atoms with E-state index in [1.165, 1.54) is 0 Å². The van der Waals surface area contributed by atoms with Gasteiger partial charge in [0.2, 0.25) is 5.91 Å². The molecule has 2 saturated heterocycles. The molecule has 2 heterocycles. The van der Waals surface area contributed by atoms with Crippen LogP contribution in [0, 0.1) is 0 Å². The average Bonchev–Trinajstić information content (AvgIpc) is 3.14. The maximum atomic E-state index is 13.8. The van der Waals surface area contributed by atoms with Crippen LogP contribution in [-0.2, 0) is 9.59 Å². The van der Waals surface area contributed by atoms with Crippen LogP contribution in [0.2, 0.25) is 0 Å². The summed E-state index contributed by atoms with van der Waals surface area (Å²) in [5.74, 6) is -0.207. The molecular weight excluding hydrogens is 452 g/mol. The van der Waals surface area contributed by atoms with Crippen LogP contribution in [0.15, 0.2) is 72.8 Å². The molecule has 2 aliphatic heterocycles. The Balaban J connectivity index is 1.39. The lowest BCUT2D eigenvalue weighted by Gasteiger charge is -2.43. The maximum absolute atomic E-state index is 13.8. The van der Waals surface area contributed by atoms with Crippen LogP contribution in [0.5, 0.6) is 0 Å². The van der Waals surface area contributed by atoms with E-state index in [2.05, 4.69) is 10.2 Å². The molecule has 2 aliphatic rings. The average molecular weight is 485 g/mol. The minimum atomic E-state index is -0.769. The third-order valence-corrected chi connectivity index (χ3v) is 7.26. The molecule has 7 heteroatoms.